The van der Waals surface area contributed by atoms with E-state index in [4.69, 9.17) is 4.74 Å². The van der Waals surface area contributed by atoms with Gasteiger partial charge in [-0.25, -0.2) is 0 Å². The van der Waals surface area contributed by atoms with Crippen LogP contribution in [-0.4, -0.2) is 13.7 Å². The molecule has 0 saturated carbocycles. The molecule has 0 aromatic rings. The molecule has 0 saturated heterocycles. The van der Waals surface area contributed by atoms with Gasteiger partial charge in [0, 0.05) is 7.11 Å². The normalized spacial score (nSPS) is 8.22. The number of methoxy groups -OCH3 is 1. The fraction of sp³-hybridized carbons (Fsp3) is 0.625. The second kappa shape index (κ2) is 7.48. The number of hydrogen-bond donors (Lipinski definition) is 0. The van der Waals surface area contributed by atoms with Gasteiger partial charge in [0.2, 0.25) is 0 Å². The highest BCUT2D eigenvalue weighted by Crippen LogP contribution is 1.85. The first-order valence-corrected chi connectivity index (χ1v) is 3.30. The number of hydrogen-bond acceptors (Lipinski definition) is 1. The Balaban J connectivity index is 3.18. The van der Waals surface area contributed by atoms with Crippen molar-refractivity contribution >= 4 is 0 Å². The largest absolute Gasteiger partial charge is 0.380 e. The van der Waals surface area contributed by atoms with Crippen LogP contribution >= 0.6 is 0 Å². The smallest absolute Gasteiger partial charge is 0.0717 e. The molecule has 0 rings (SSSR count). The lowest BCUT2D eigenvalue weighted by Gasteiger charge is -1.82. The van der Waals surface area contributed by atoms with Crippen molar-refractivity contribution in [2.24, 2.45) is 0 Å². The van der Waals surface area contributed by atoms with Gasteiger partial charge in [-0.2, -0.15) is 0 Å². The molecule has 0 radical (unpaired) electrons. The summed E-state index contributed by atoms with van der Waals surface area (Å²) in [7, 11) is 1.68. The van der Waals surface area contributed by atoms with Crippen LogP contribution in [-0.2, 0) is 4.74 Å². The van der Waals surface area contributed by atoms with Gasteiger partial charge in [-0.1, -0.05) is 13.3 Å². The molecule has 0 N–H and O–H groups in total. The fourth-order valence-corrected chi connectivity index (χ4v) is 0.442. The minimum absolute atomic E-state index is 0.667. The van der Waals surface area contributed by atoms with Crippen LogP contribution in [0, 0.1) is 0 Å². The van der Waals surface area contributed by atoms with E-state index >= 15 is 0 Å². The lowest BCUT2D eigenvalue weighted by atomic mass is 10.3. The molecule has 0 atom stereocenters. The van der Waals surface area contributed by atoms with Gasteiger partial charge in [-0.3, -0.25) is 0 Å². The van der Waals surface area contributed by atoms with Gasteiger partial charge in [0.25, 0.3) is 0 Å². The molecule has 1 heteroatoms. The van der Waals surface area contributed by atoms with E-state index in [1.54, 1.807) is 7.11 Å². The van der Waals surface area contributed by atoms with Crippen molar-refractivity contribution in [3.63, 3.8) is 0 Å². The van der Waals surface area contributed by atoms with Gasteiger partial charge in [0.15, 0.2) is 0 Å². The molecule has 0 aromatic heterocycles. The summed E-state index contributed by atoms with van der Waals surface area (Å²) in [6, 6.07) is 0. The van der Waals surface area contributed by atoms with Crippen molar-refractivity contribution < 1.29 is 4.74 Å². The van der Waals surface area contributed by atoms with Crippen LogP contribution in [0.4, 0.5) is 0 Å². The first-order chi connectivity index (χ1) is 4.41. The van der Waals surface area contributed by atoms with E-state index in [-0.39, 0.29) is 0 Å². The van der Waals surface area contributed by atoms with Gasteiger partial charge in [0.1, 0.15) is 0 Å². The highest BCUT2D eigenvalue weighted by Gasteiger charge is 1.68. The van der Waals surface area contributed by atoms with E-state index in [1.165, 1.54) is 6.42 Å². The van der Waals surface area contributed by atoms with Crippen LogP contribution in [0.15, 0.2) is 17.9 Å². The van der Waals surface area contributed by atoms with E-state index in [9.17, 15) is 0 Å². The average molecular weight is 126 g/mol. The van der Waals surface area contributed by atoms with Crippen LogP contribution in [0.2, 0.25) is 0 Å². The third kappa shape index (κ3) is 7.48. The predicted molar refractivity (Wildman–Crippen MR) is 39.4 cm³/mol. The molecule has 0 aliphatic carbocycles. The summed E-state index contributed by atoms with van der Waals surface area (Å²) in [5, 5.41) is 0. The predicted octanol–water partition coefficient (Wildman–Crippen LogP) is 2.14. The zero-order valence-electron chi connectivity index (χ0n) is 6.18. The third-order valence-electron chi connectivity index (χ3n) is 0.919. The fourth-order valence-electron chi connectivity index (χ4n) is 0.442. The van der Waals surface area contributed by atoms with Gasteiger partial charge in [0.05, 0.1) is 6.61 Å². The van der Waals surface area contributed by atoms with Gasteiger partial charge in [-0.05, 0) is 18.6 Å². The van der Waals surface area contributed by atoms with E-state index in [0.717, 1.165) is 6.42 Å². The van der Waals surface area contributed by atoms with Crippen molar-refractivity contribution in [2.75, 3.05) is 13.7 Å². The summed E-state index contributed by atoms with van der Waals surface area (Å²) in [5.41, 5.74) is 3.01. The molecule has 1 nitrogen and oxygen atoms in total. The Bertz CT molecular complexity index is 89.1. The summed E-state index contributed by atoms with van der Waals surface area (Å²) < 4.78 is 4.78. The molecule has 9 heavy (non-hydrogen) atoms. The maximum absolute atomic E-state index is 4.78. The van der Waals surface area contributed by atoms with Crippen molar-refractivity contribution in [2.45, 2.75) is 19.8 Å². The molecule has 0 heterocycles. The highest BCUT2D eigenvalue weighted by molar-refractivity contribution is 4.83. The van der Waals surface area contributed by atoms with E-state index in [2.05, 4.69) is 12.7 Å². The monoisotopic (exact) mass is 126 g/mol. The lowest BCUT2D eigenvalue weighted by molar-refractivity contribution is 0.234. The summed E-state index contributed by atoms with van der Waals surface area (Å²) in [6.45, 7) is 2.81. The third-order valence-corrected chi connectivity index (χ3v) is 0.919. The van der Waals surface area contributed by atoms with Gasteiger partial charge >= 0.3 is 0 Å². The Hall–Kier alpha value is -0.520. The van der Waals surface area contributed by atoms with E-state index in [0.29, 0.717) is 6.61 Å². The minimum atomic E-state index is 0.667. The topological polar surface area (TPSA) is 9.23 Å². The molecule has 0 fully saturated rings. The Kier molecular flexibility index (Phi) is 7.05. The first kappa shape index (κ1) is 8.48. The molecule has 0 aromatic carbocycles. The molecule has 0 spiro atoms. The zero-order valence-corrected chi connectivity index (χ0v) is 6.18. The Labute approximate surface area is 57.0 Å². The van der Waals surface area contributed by atoms with Crippen molar-refractivity contribution in [1.29, 1.82) is 0 Å². The van der Waals surface area contributed by atoms with Crippen molar-refractivity contribution in [3.8, 4) is 0 Å². The molecule has 0 amide bonds. The summed E-state index contributed by atoms with van der Waals surface area (Å²) in [4.78, 5) is 0. The highest BCUT2D eigenvalue weighted by atomic mass is 16.5. The van der Waals surface area contributed by atoms with Crippen LogP contribution in [0.5, 0.6) is 0 Å². The quantitative estimate of drug-likeness (QED) is 0.524. The van der Waals surface area contributed by atoms with Crippen LogP contribution < -0.4 is 0 Å². The maximum atomic E-state index is 4.78. The maximum Gasteiger partial charge on any atom is 0.0717 e. The van der Waals surface area contributed by atoms with Crippen LogP contribution in [0.3, 0.4) is 0 Å². The second-order valence-electron chi connectivity index (χ2n) is 1.82. The average Bonchev–Trinajstić information content (AvgIpc) is 1.89. The molecular weight excluding hydrogens is 112 g/mol. The molecule has 0 unspecified atom stereocenters. The van der Waals surface area contributed by atoms with Gasteiger partial charge < -0.3 is 4.74 Å². The minimum Gasteiger partial charge on any atom is -0.380 e. The van der Waals surface area contributed by atoms with Gasteiger partial charge in [-0.15, -0.1) is 5.73 Å². The summed E-state index contributed by atoms with van der Waals surface area (Å²) >= 11 is 0. The molecule has 0 aliphatic rings. The number of ether oxygens (including phenoxy) is 1. The zero-order chi connectivity index (χ0) is 6.95. The van der Waals surface area contributed by atoms with Crippen molar-refractivity contribution in [1.82, 2.24) is 0 Å². The summed E-state index contributed by atoms with van der Waals surface area (Å²) in [5.74, 6) is 0. The van der Waals surface area contributed by atoms with Crippen LogP contribution in [0.25, 0.3) is 0 Å². The SMILES string of the molecule is CCCC=C=CCOC. The van der Waals surface area contributed by atoms with Crippen LogP contribution in [0.1, 0.15) is 19.8 Å². The second-order valence-corrected chi connectivity index (χ2v) is 1.82. The number of unbranched alkanes of at least 4 members (excludes halogenated alkanes) is 1. The molecule has 52 valence electrons. The van der Waals surface area contributed by atoms with Crippen molar-refractivity contribution in [3.05, 3.63) is 17.9 Å². The molecule has 0 aliphatic heterocycles. The van der Waals surface area contributed by atoms with E-state index < -0.39 is 0 Å². The first-order valence-electron chi connectivity index (χ1n) is 3.30. The number of rotatable bonds is 4. The standard InChI is InChI=1S/C8H14O/c1-3-4-5-6-7-8-9-2/h5,7H,3-4,8H2,1-2H3. The Morgan fingerprint density at radius 1 is 1.44 bits per heavy atom. The molecular formula is C8H14O. The molecule has 0 bridgehead atoms. The Morgan fingerprint density at radius 3 is 2.78 bits per heavy atom. The summed E-state index contributed by atoms with van der Waals surface area (Å²) in [6.07, 6.45) is 6.21. The van der Waals surface area contributed by atoms with E-state index in [1.807, 2.05) is 12.2 Å². The lowest BCUT2D eigenvalue weighted by Crippen LogP contribution is -1.77. The Morgan fingerprint density at radius 2 is 2.22 bits per heavy atom.